The molecule has 0 saturated carbocycles. The molecule has 0 unspecified atom stereocenters. The van der Waals surface area contributed by atoms with Crippen LogP contribution in [0.4, 0.5) is 11.5 Å². The molecule has 120 valence electrons. The number of rotatable bonds is 3. The van der Waals surface area contributed by atoms with E-state index < -0.39 is 0 Å². The molecule has 0 spiro atoms. The van der Waals surface area contributed by atoms with E-state index in [1.807, 2.05) is 41.9 Å². The Balaban J connectivity index is 1.65. The Hall–Kier alpha value is -2.90. The minimum Gasteiger partial charge on any atom is -0.340 e. The molecule has 0 amide bonds. The van der Waals surface area contributed by atoms with Crippen LogP contribution >= 0.6 is 22.7 Å². The van der Waals surface area contributed by atoms with Crippen molar-refractivity contribution in [3.63, 3.8) is 0 Å². The molecule has 7 heteroatoms. The van der Waals surface area contributed by atoms with Gasteiger partial charge in [0.15, 0.2) is 5.82 Å². The highest BCUT2D eigenvalue weighted by atomic mass is 32.1. The van der Waals surface area contributed by atoms with Gasteiger partial charge in [-0.25, -0.2) is 15.0 Å². The fraction of sp³-hybridized carbons (Fsp3) is 0. The fourth-order valence-electron chi connectivity index (χ4n) is 2.68. The normalized spacial score (nSPS) is 11.2. The van der Waals surface area contributed by atoms with E-state index in [0.717, 1.165) is 37.5 Å². The molecule has 25 heavy (non-hydrogen) atoms. The SMILES string of the molecule is c1ccc2c(Nc3ccc4ncsc4c3)nc(-c3cncs3)nc2c1. The number of fused-ring (bicyclic) bond motifs is 2. The van der Waals surface area contributed by atoms with E-state index in [-0.39, 0.29) is 0 Å². The number of anilines is 2. The molecule has 5 aromatic rings. The molecule has 0 saturated heterocycles. The molecule has 0 aliphatic rings. The van der Waals surface area contributed by atoms with Gasteiger partial charge < -0.3 is 5.32 Å². The van der Waals surface area contributed by atoms with Crippen LogP contribution in [-0.4, -0.2) is 19.9 Å². The molecule has 0 fully saturated rings. The average molecular weight is 361 g/mol. The van der Waals surface area contributed by atoms with E-state index in [1.54, 1.807) is 23.0 Å². The van der Waals surface area contributed by atoms with Crippen molar-refractivity contribution in [3.8, 4) is 10.7 Å². The summed E-state index contributed by atoms with van der Waals surface area (Å²) in [6, 6.07) is 14.1. The molecular formula is C18H11N5S2. The summed E-state index contributed by atoms with van der Waals surface area (Å²) in [5, 5.41) is 4.43. The fourth-order valence-corrected chi connectivity index (χ4v) is 3.95. The standard InChI is InChI=1S/C18H11N5S2/c1-2-4-13-12(3-1)17(23-18(22-13)16-8-19-9-24-16)21-11-5-6-14-15(7-11)25-10-20-14/h1-10H,(H,21,22,23). The second-order valence-electron chi connectivity index (χ2n) is 5.44. The number of hydrogen-bond acceptors (Lipinski definition) is 7. The summed E-state index contributed by atoms with van der Waals surface area (Å²) in [7, 11) is 0. The molecule has 2 aromatic carbocycles. The van der Waals surface area contributed by atoms with Gasteiger partial charge in [-0.15, -0.1) is 22.7 Å². The highest BCUT2D eigenvalue weighted by Crippen LogP contribution is 2.30. The van der Waals surface area contributed by atoms with Crippen molar-refractivity contribution >= 4 is 55.3 Å². The van der Waals surface area contributed by atoms with Gasteiger partial charge in [0.1, 0.15) is 5.82 Å². The molecule has 3 heterocycles. The minimum atomic E-state index is 0.683. The van der Waals surface area contributed by atoms with Crippen LogP contribution in [0, 0.1) is 0 Å². The first kappa shape index (κ1) is 14.4. The van der Waals surface area contributed by atoms with E-state index in [0.29, 0.717) is 5.82 Å². The Morgan fingerprint density at radius 1 is 0.880 bits per heavy atom. The minimum absolute atomic E-state index is 0.683. The molecular weight excluding hydrogens is 350 g/mol. The number of aromatic nitrogens is 4. The lowest BCUT2D eigenvalue weighted by atomic mass is 10.2. The Kier molecular flexibility index (Phi) is 3.39. The number of nitrogens with zero attached hydrogens (tertiary/aromatic N) is 4. The topological polar surface area (TPSA) is 63.6 Å². The van der Waals surface area contributed by atoms with Crippen LogP contribution in [-0.2, 0) is 0 Å². The summed E-state index contributed by atoms with van der Waals surface area (Å²) in [5.74, 6) is 1.47. The number of hydrogen-bond donors (Lipinski definition) is 1. The van der Waals surface area contributed by atoms with Gasteiger partial charge in [0.2, 0.25) is 0 Å². The second kappa shape index (κ2) is 5.87. The lowest BCUT2D eigenvalue weighted by molar-refractivity contribution is 1.23. The van der Waals surface area contributed by atoms with Crippen LogP contribution in [0.3, 0.4) is 0 Å². The van der Waals surface area contributed by atoms with E-state index in [9.17, 15) is 0 Å². The van der Waals surface area contributed by atoms with Crippen LogP contribution in [0.1, 0.15) is 0 Å². The maximum atomic E-state index is 4.74. The smallest absolute Gasteiger partial charge is 0.173 e. The van der Waals surface area contributed by atoms with E-state index in [4.69, 9.17) is 4.98 Å². The van der Waals surface area contributed by atoms with Gasteiger partial charge >= 0.3 is 0 Å². The van der Waals surface area contributed by atoms with Crippen LogP contribution < -0.4 is 5.32 Å². The first-order valence-electron chi connectivity index (χ1n) is 7.63. The summed E-state index contributed by atoms with van der Waals surface area (Å²) in [6.45, 7) is 0. The molecule has 0 aliphatic carbocycles. The quantitative estimate of drug-likeness (QED) is 0.484. The number of thiazole rings is 2. The molecule has 5 rings (SSSR count). The highest BCUT2D eigenvalue weighted by molar-refractivity contribution is 7.16. The van der Waals surface area contributed by atoms with Crippen LogP contribution in [0.15, 0.2) is 59.7 Å². The van der Waals surface area contributed by atoms with Crippen LogP contribution in [0.2, 0.25) is 0 Å². The van der Waals surface area contributed by atoms with E-state index in [2.05, 4.69) is 26.3 Å². The largest absolute Gasteiger partial charge is 0.340 e. The van der Waals surface area contributed by atoms with Gasteiger partial charge in [0.25, 0.3) is 0 Å². The predicted octanol–water partition coefficient (Wildman–Crippen LogP) is 5.11. The van der Waals surface area contributed by atoms with Crippen LogP contribution in [0.5, 0.6) is 0 Å². The first-order chi connectivity index (χ1) is 12.4. The highest BCUT2D eigenvalue weighted by Gasteiger charge is 2.11. The zero-order valence-electron chi connectivity index (χ0n) is 12.9. The Morgan fingerprint density at radius 2 is 1.84 bits per heavy atom. The van der Waals surface area contributed by atoms with Crippen molar-refractivity contribution in [2.45, 2.75) is 0 Å². The zero-order valence-corrected chi connectivity index (χ0v) is 14.5. The van der Waals surface area contributed by atoms with Crippen molar-refractivity contribution in [2.24, 2.45) is 0 Å². The number of para-hydroxylation sites is 1. The van der Waals surface area contributed by atoms with Crippen molar-refractivity contribution in [1.82, 2.24) is 19.9 Å². The van der Waals surface area contributed by atoms with Gasteiger partial charge in [0, 0.05) is 17.3 Å². The maximum Gasteiger partial charge on any atom is 0.173 e. The van der Waals surface area contributed by atoms with Gasteiger partial charge in [0.05, 0.1) is 31.6 Å². The lowest BCUT2D eigenvalue weighted by Crippen LogP contribution is -1.98. The number of benzene rings is 2. The molecule has 5 nitrogen and oxygen atoms in total. The summed E-state index contributed by atoms with van der Waals surface area (Å²) in [6.07, 6.45) is 1.79. The molecule has 0 radical (unpaired) electrons. The summed E-state index contributed by atoms with van der Waals surface area (Å²) in [4.78, 5) is 18.8. The maximum absolute atomic E-state index is 4.74. The summed E-state index contributed by atoms with van der Waals surface area (Å²) >= 11 is 3.16. The van der Waals surface area contributed by atoms with Crippen molar-refractivity contribution in [1.29, 1.82) is 0 Å². The monoisotopic (exact) mass is 361 g/mol. The third kappa shape index (κ3) is 2.63. The zero-order chi connectivity index (χ0) is 16.6. The third-order valence-corrected chi connectivity index (χ3v) is 5.41. The third-order valence-electron chi connectivity index (χ3n) is 3.85. The van der Waals surface area contributed by atoms with E-state index >= 15 is 0 Å². The average Bonchev–Trinajstić information content (AvgIpc) is 3.33. The van der Waals surface area contributed by atoms with Gasteiger partial charge in [-0.2, -0.15) is 0 Å². The van der Waals surface area contributed by atoms with Gasteiger partial charge in [-0.05, 0) is 30.3 Å². The van der Waals surface area contributed by atoms with E-state index in [1.165, 1.54) is 11.3 Å². The lowest BCUT2D eigenvalue weighted by Gasteiger charge is -2.10. The van der Waals surface area contributed by atoms with Crippen molar-refractivity contribution in [2.75, 3.05) is 5.32 Å². The van der Waals surface area contributed by atoms with Gasteiger partial charge in [-0.1, -0.05) is 12.1 Å². The molecule has 1 N–H and O–H groups in total. The second-order valence-corrected chi connectivity index (χ2v) is 7.21. The molecule has 0 atom stereocenters. The Morgan fingerprint density at radius 3 is 2.76 bits per heavy atom. The summed E-state index contributed by atoms with van der Waals surface area (Å²) in [5.41, 5.74) is 6.54. The first-order valence-corrected chi connectivity index (χ1v) is 9.39. The Bertz CT molecular complexity index is 1180. The Labute approximate surface area is 151 Å². The van der Waals surface area contributed by atoms with Crippen molar-refractivity contribution in [3.05, 3.63) is 59.7 Å². The summed E-state index contributed by atoms with van der Waals surface area (Å²) < 4.78 is 1.14. The van der Waals surface area contributed by atoms with Crippen molar-refractivity contribution < 1.29 is 0 Å². The predicted molar refractivity (Wildman–Crippen MR) is 104 cm³/mol. The molecule has 0 bridgehead atoms. The number of nitrogens with one attached hydrogen (secondary N) is 1. The van der Waals surface area contributed by atoms with Gasteiger partial charge in [-0.3, -0.25) is 4.98 Å². The molecule has 3 aromatic heterocycles. The van der Waals surface area contributed by atoms with Crippen LogP contribution in [0.25, 0.3) is 31.8 Å². The molecule has 0 aliphatic heterocycles.